The van der Waals surface area contributed by atoms with E-state index in [9.17, 15) is 4.79 Å². The van der Waals surface area contributed by atoms with E-state index < -0.39 is 0 Å². The van der Waals surface area contributed by atoms with Crippen LogP contribution in [0, 0.1) is 0 Å². The third-order valence-electron chi connectivity index (χ3n) is 1.57. The fraction of sp³-hybridized carbons (Fsp3) is 0.364. The fourth-order valence-corrected chi connectivity index (χ4v) is 1.07. The molecule has 1 saturated carbocycles. The van der Waals surface area contributed by atoms with Crippen LogP contribution in [-0.2, 0) is 4.79 Å². The molecule has 1 nitrogen and oxygen atoms in total. The van der Waals surface area contributed by atoms with Gasteiger partial charge in [0.15, 0.2) is 0 Å². The molecule has 0 N–H and O–H groups in total. The molecule has 0 saturated heterocycles. The summed E-state index contributed by atoms with van der Waals surface area (Å²) in [4.78, 5) is 10.8. The minimum absolute atomic E-state index is 0.262. The summed E-state index contributed by atoms with van der Waals surface area (Å²) in [5.74, 6) is 0.262. The van der Waals surface area contributed by atoms with E-state index >= 15 is 0 Å². The van der Waals surface area contributed by atoms with Gasteiger partial charge in [0.2, 0.25) is 0 Å². The maximum absolute atomic E-state index is 10.8. The number of hydrogen-bond acceptors (Lipinski definition) is 1. The molecule has 0 heterocycles. The Bertz CT molecular complexity index is 221. The Labute approximate surface area is 74.5 Å². The fourth-order valence-electron chi connectivity index (χ4n) is 1.07. The molecule has 0 aromatic rings. The van der Waals surface area contributed by atoms with Crippen LogP contribution in [0.25, 0.3) is 0 Å². The molecule has 0 unspecified atom stereocenters. The van der Waals surface area contributed by atoms with E-state index in [4.69, 9.17) is 0 Å². The van der Waals surface area contributed by atoms with Crippen molar-refractivity contribution in [3.63, 3.8) is 0 Å². The van der Waals surface area contributed by atoms with Crippen LogP contribution in [0.5, 0.6) is 0 Å². The van der Waals surface area contributed by atoms with E-state index in [0.29, 0.717) is 12.8 Å². The topological polar surface area (TPSA) is 17.1 Å². The summed E-state index contributed by atoms with van der Waals surface area (Å²) in [5, 5.41) is 0. The molecule has 0 aromatic heterocycles. The summed E-state index contributed by atoms with van der Waals surface area (Å²) in [6.45, 7) is 11.3. The van der Waals surface area contributed by atoms with Crippen molar-refractivity contribution in [3.8, 4) is 0 Å². The van der Waals surface area contributed by atoms with Gasteiger partial charge in [-0.3, -0.25) is 4.79 Å². The van der Waals surface area contributed by atoms with Gasteiger partial charge in [-0.05, 0) is 11.1 Å². The highest BCUT2D eigenvalue weighted by molar-refractivity contribution is 5.89. The van der Waals surface area contributed by atoms with Crippen LogP contribution in [0.4, 0.5) is 0 Å². The van der Waals surface area contributed by atoms with E-state index in [2.05, 4.69) is 13.2 Å². The van der Waals surface area contributed by atoms with Gasteiger partial charge in [-0.15, -0.1) is 0 Å². The third-order valence-corrected chi connectivity index (χ3v) is 1.57. The molecule has 1 rings (SSSR count). The zero-order valence-electron chi connectivity index (χ0n) is 7.89. The van der Waals surface area contributed by atoms with Crippen molar-refractivity contribution < 1.29 is 4.79 Å². The van der Waals surface area contributed by atoms with Crippen LogP contribution < -0.4 is 0 Å². The molecule has 0 aromatic carbocycles. The molecule has 0 radical (unpaired) electrons. The highest BCUT2D eigenvalue weighted by Crippen LogP contribution is 2.25. The van der Waals surface area contributed by atoms with Crippen LogP contribution in [0.1, 0.15) is 26.7 Å². The first kappa shape index (κ1) is 10.9. The Balaban J connectivity index is 0.000000561. The molecule has 66 valence electrons. The van der Waals surface area contributed by atoms with E-state index in [1.807, 2.05) is 19.9 Å². The van der Waals surface area contributed by atoms with Gasteiger partial charge in [-0.1, -0.05) is 39.2 Å². The second-order valence-corrected chi connectivity index (χ2v) is 2.42. The summed E-state index contributed by atoms with van der Waals surface area (Å²) >= 11 is 0. The number of carbonyl (C=O) groups excluding carboxylic acids is 1. The average molecular weight is 164 g/mol. The predicted octanol–water partition coefficient (Wildman–Crippen LogP) is 3.04. The predicted molar refractivity (Wildman–Crippen MR) is 53.0 cm³/mol. The highest BCUT2D eigenvalue weighted by Gasteiger charge is 2.18. The lowest BCUT2D eigenvalue weighted by molar-refractivity contribution is -0.116. The lowest BCUT2D eigenvalue weighted by atomic mass is 10.1. The molecule has 12 heavy (non-hydrogen) atoms. The van der Waals surface area contributed by atoms with Crippen LogP contribution in [0.3, 0.4) is 0 Å². The Kier molecular flexibility index (Phi) is 5.02. The second kappa shape index (κ2) is 5.53. The van der Waals surface area contributed by atoms with Crippen molar-refractivity contribution >= 4 is 5.78 Å². The monoisotopic (exact) mass is 164 g/mol. The summed E-state index contributed by atoms with van der Waals surface area (Å²) < 4.78 is 0. The van der Waals surface area contributed by atoms with Crippen molar-refractivity contribution in [3.05, 3.63) is 36.5 Å². The summed E-state index contributed by atoms with van der Waals surface area (Å²) in [7, 11) is 0. The molecule has 1 fully saturated rings. The number of allylic oxidation sites excluding steroid dienone is 4. The zero-order valence-corrected chi connectivity index (χ0v) is 7.89. The van der Waals surface area contributed by atoms with Gasteiger partial charge in [-0.2, -0.15) is 0 Å². The maximum atomic E-state index is 10.8. The van der Waals surface area contributed by atoms with E-state index in [-0.39, 0.29) is 5.78 Å². The average Bonchev–Trinajstić information content (AvgIpc) is 2.35. The van der Waals surface area contributed by atoms with Gasteiger partial charge in [0.1, 0.15) is 5.78 Å². The molecule has 0 atom stereocenters. The first-order valence-electron chi connectivity index (χ1n) is 4.25. The summed E-state index contributed by atoms with van der Waals surface area (Å²) in [6.07, 6.45) is 4.62. The normalized spacial score (nSPS) is 19.0. The Morgan fingerprint density at radius 3 is 2.25 bits per heavy atom. The van der Waals surface area contributed by atoms with Crippen molar-refractivity contribution in [2.45, 2.75) is 26.7 Å². The van der Waals surface area contributed by atoms with Gasteiger partial charge in [0.05, 0.1) is 0 Å². The number of ketones is 1. The van der Waals surface area contributed by atoms with Crippen LogP contribution in [0.2, 0.25) is 0 Å². The number of rotatable bonds is 1. The smallest absolute Gasteiger partial charge is 0.141 e. The van der Waals surface area contributed by atoms with Gasteiger partial charge in [0.25, 0.3) is 0 Å². The summed E-state index contributed by atoms with van der Waals surface area (Å²) in [5.41, 5.74) is 1.99. The number of hydrogen-bond donors (Lipinski definition) is 0. The van der Waals surface area contributed by atoms with Crippen LogP contribution >= 0.6 is 0 Å². The molecule has 0 spiro atoms. The molecule has 1 aliphatic carbocycles. The van der Waals surface area contributed by atoms with E-state index in [0.717, 1.165) is 11.1 Å². The van der Waals surface area contributed by atoms with Crippen molar-refractivity contribution in [2.75, 3.05) is 0 Å². The minimum atomic E-state index is 0.262. The quantitative estimate of drug-likeness (QED) is 0.582. The number of carbonyl (C=O) groups is 1. The van der Waals surface area contributed by atoms with Crippen LogP contribution in [-0.4, -0.2) is 5.78 Å². The first-order valence-corrected chi connectivity index (χ1v) is 4.25. The van der Waals surface area contributed by atoms with Gasteiger partial charge in [-0.25, -0.2) is 0 Å². The van der Waals surface area contributed by atoms with Crippen molar-refractivity contribution in [2.24, 2.45) is 0 Å². The second-order valence-electron chi connectivity index (χ2n) is 2.42. The highest BCUT2D eigenvalue weighted by atomic mass is 16.1. The lowest BCUT2D eigenvalue weighted by Crippen LogP contribution is -1.83. The Hall–Kier alpha value is -1.11. The molecule has 0 bridgehead atoms. The van der Waals surface area contributed by atoms with E-state index in [1.165, 1.54) is 0 Å². The van der Waals surface area contributed by atoms with Gasteiger partial charge < -0.3 is 0 Å². The van der Waals surface area contributed by atoms with Crippen molar-refractivity contribution in [1.29, 1.82) is 0 Å². The van der Waals surface area contributed by atoms with Crippen LogP contribution in [0.15, 0.2) is 36.5 Å². The third kappa shape index (κ3) is 2.87. The SMILES string of the molecule is C=C/C=C1/CC(=O)CC1=C.CC. The molecule has 1 heteroatoms. The maximum Gasteiger partial charge on any atom is 0.141 e. The largest absolute Gasteiger partial charge is 0.299 e. The summed E-state index contributed by atoms with van der Waals surface area (Å²) in [6, 6.07) is 0. The molecular formula is C11H16O. The van der Waals surface area contributed by atoms with Crippen molar-refractivity contribution in [1.82, 2.24) is 0 Å². The van der Waals surface area contributed by atoms with Gasteiger partial charge >= 0.3 is 0 Å². The lowest BCUT2D eigenvalue weighted by Gasteiger charge is -1.90. The zero-order chi connectivity index (χ0) is 9.56. The standard InChI is InChI=1S/C9H10O.C2H6/c1-3-4-8-6-9(10)5-7(8)2;1-2/h3-4H,1-2,5-6H2;1-2H3/b8-4-;. The van der Waals surface area contributed by atoms with Gasteiger partial charge in [0, 0.05) is 12.8 Å². The Morgan fingerprint density at radius 2 is 1.92 bits per heavy atom. The van der Waals surface area contributed by atoms with E-state index in [1.54, 1.807) is 6.08 Å². The Morgan fingerprint density at radius 1 is 1.33 bits per heavy atom. The molecule has 0 aliphatic heterocycles. The molecule has 0 amide bonds. The number of Topliss-reactive ketones (excluding diaryl/α,β-unsaturated/α-hetero) is 1. The minimum Gasteiger partial charge on any atom is -0.299 e. The molecular weight excluding hydrogens is 148 g/mol. The molecule has 1 aliphatic rings. The first-order chi connectivity index (χ1) is 5.74.